The van der Waals surface area contributed by atoms with Gasteiger partial charge in [0, 0.05) is 6.07 Å². The first kappa shape index (κ1) is 12.9. The molecule has 4 nitrogen and oxygen atoms in total. The molecule has 0 heterocycles. The Morgan fingerprint density at radius 1 is 1.16 bits per heavy atom. The minimum Gasteiger partial charge on any atom is -0.508 e. The zero-order valence-electron chi connectivity index (χ0n) is 10.1. The van der Waals surface area contributed by atoms with Gasteiger partial charge in [0.2, 0.25) is 0 Å². The number of carbonyl (C=O) groups is 1. The van der Waals surface area contributed by atoms with Crippen LogP contribution in [0, 0.1) is 5.82 Å². The lowest BCUT2D eigenvalue weighted by Crippen LogP contribution is -2.00. The second kappa shape index (κ2) is 4.97. The molecule has 0 amide bonds. The normalized spacial score (nSPS) is 10.2. The SMILES string of the molecule is COc1cc(-c2cc(O)cc(F)c2)ccc1C(=O)O. The Morgan fingerprint density at radius 3 is 2.47 bits per heavy atom. The van der Waals surface area contributed by atoms with Crippen molar-refractivity contribution in [2.45, 2.75) is 0 Å². The molecule has 98 valence electrons. The summed E-state index contributed by atoms with van der Waals surface area (Å²) in [4.78, 5) is 11.0. The van der Waals surface area contributed by atoms with Gasteiger partial charge in [-0.05, 0) is 35.4 Å². The number of hydrogen-bond acceptors (Lipinski definition) is 3. The van der Waals surface area contributed by atoms with E-state index in [0.717, 1.165) is 6.07 Å². The summed E-state index contributed by atoms with van der Waals surface area (Å²) in [5, 5.41) is 18.3. The molecule has 0 unspecified atom stereocenters. The van der Waals surface area contributed by atoms with Gasteiger partial charge in [-0.2, -0.15) is 0 Å². The van der Waals surface area contributed by atoms with Crippen molar-refractivity contribution in [2.24, 2.45) is 0 Å². The van der Waals surface area contributed by atoms with Crippen LogP contribution in [-0.2, 0) is 0 Å². The van der Waals surface area contributed by atoms with Crippen molar-refractivity contribution in [2.75, 3.05) is 7.11 Å². The third-order valence-corrected chi connectivity index (χ3v) is 2.65. The van der Waals surface area contributed by atoms with Gasteiger partial charge in [0.25, 0.3) is 0 Å². The fourth-order valence-corrected chi connectivity index (χ4v) is 1.79. The highest BCUT2D eigenvalue weighted by Gasteiger charge is 2.12. The van der Waals surface area contributed by atoms with Gasteiger partial charge >= 0.3 is 5.97 Å². The van der Waals surface area contributed by atoms with E-state index in [1.165, 1.54) is 37.4 Å². The summed E-state index contributed by atoms with van der Waals surface area (Å²) in [6.45, 7) is 0. The maximum absolute atomic E-state index is 13.2. The van der Waals surface area contributed by atoms with Crippen LogP contribution in [0.1, 0.15) is 10.4 Å². The van der Waals surface area contributed by atoms with E-state index in [1.54, 1.807) is 0 Å². The average Bonchev–Trinajstić information content (AvgIpc) is 2.36. The highest BCUT2D eigenvalue weighted by Crippen LogP contribution is 2.29. The standard InChI is InChI=1S/C14H11FO4/c1-19-13-6-8(2-3-12(13)14(17)18)9-4-10(15)7-11(16)5-9/h2-7,16H,1H3,(H,17,18). The topological polar surface area (TPSA) is 66.8 Å². The molecule has 0 fully saturated rings. The molecule has 0 spiro atoms. The van der Waals surface area contributed by atoms with E-state index in [-0.39, 0.29) is 17.1 Å². The number of aromatic hydroxyl groups is 1. The van der Waals surface area contributed by atoms with E-state index in [0.29, 0.717) is 11.1 Å². The molecule has 0 radical (unpaired) electrons. The largest absolute Gasteiger partial charge is 0.508 e. The molecule has 0 aliphatic rings. The van der Waals surface area contributed by atoms with Crippen LogP contribution >= 0.6 is 0 Å². The first-order chi connectivity index (χ1) is 9.01. The second-order valence-electron chi connectivity index (χ2n) is 3.92. The third kappa shape index (κ3) is 2.65. The molecule has 2 rings (SSSR count). The number of hydrogen-bond donors (Lipinski definition) is 2. The zero-order chi connectivity index (χ0) is 14.0. The molecule has 0 atom stereocenters. The lowest BCUT2D eigenvalue weighted by atomic mass is 10.0. The first-order valence-electron chi connectivity index (χ1n) is 5.42. The Bertz CT molecular complexity index is 617. The maximum Gasteiger partial charge on any atom is 0.339 e. The zero-order valence-corrected chi connectivity index (χ0v) is 10.1. The molecule has 0 saturated heterocycles. The van der Waals surface area contributed by atoms with E-state index in [1.807, 2.05) is 0 Å². The van der Waals surface area contributed by atoms with E-state index >= 15 is 0 Å². The summed E-state index contributed by atoms with van der Waals surface area (Å²) in [6, 6.07) is 8.01. The van der Waals surface area contributed by atoms with E-state index in [4.69, 9.17) is 9.84 Å². The highest BCUT2D eigenvalue weighted by atomic mass is 19.1. The van der Waals surface area contributed by atoms with Crippen LogP contribution in [0.15, 0.2) is 36.4 Å². The van der Waals surface area contributed by atoms with Crippen molar-refractivity contribution in [1.29, 1.82) is 0 Å². The molecule has 5 heteroatoms. The number of carboxylic acids is 1. The third-order valence-electron chi connectivity index (χ3n) is 2.65. The molecule has 19 heavy (non-hydrogen) atoms. The molecular weight excluding hydrogens is 251 g/mol. The summed E-state index contributed by atoms with van der Waals surface area (Å²) in [6.07, 6.45) is 0. The first-order valence-corrected chi connectivity index (χ1v) is 5.42. The van der Waals surface area contributed by atoms with Crippen LogP contribution in [0.5, 0.6) is 11.5 Å². The minimum atomic E-state index is -1.11. The molecule has 2 N–H and O–H groups in total. The van der Waals surface area contributed by atoms with Gasteiger partial charge in [-0.25, -0.2) is 9.18 Å². The van der Waals surface area contributed by atoms with Gasteiger partial charge in [0.1, 0.15) is 22.9 Å². The monoisotopic (exact) mass is 262 g/mol. The van der Waals surface area contributed by atoms with E-state index < -0.39 is 11.8 Å². The summed E-state index contributed by atoms with van der Waals surface area (Å²) < 4.78 is 18.2. The fraction of sp³-hybridized carbons (Fsp3) is 0.0714. The number of phenols is 1. The lowest BCUT2D eigenvalue weighted by Gasteiger charge is -2.08. The summed E-state index contributed by atoms with van der Waals surface area (Å²) in [7, 11) is 1.36. The summed E-state index contributed by atoms with van der Waals surface area (Å²) in [5.41, 5.74) is 1.01. The number of rotatable bonds is 3. The number of benzene rings is 2. The molecule has 0 aliphatic carbocycles. The molecule has 0 saturated carbocycles. The van der Waals surface area contributed by atoms with Gasteiger partial charge in [-0.3, -0.25) is 0 Å². The molecular formula is C14H11FO4. The van der Waals surface area contributed by atoms with Crippen LogP contribution in [-0.4, -0.2) is 23.3 Å². The molecule has 0 aliphatic heterocycles. The average molecular weight is 262 g/mol. The van der Waals surface area contributed by atoms with Crippen molar-refractivity contribution < 1.29 is 24.1 Å². The Kier molecular flexibility index (Phi) is 3.37. The van der Waals surface area contributed by atoms with Crippen LogP contribution < -0.4 is 4.74 Å². The Hall–Kier alpha value is -2.56. The number of carboxylic acid groups (broad SMARTS) is 1. The number of aromatic carboxylic acids is 1. The van der Waals surface area contributed by atoms with E-state index in [2.05, 4.69) is 0 Å². The predicted molar refractivity (Wildman–Crippen MR) is 67.0 cm³/mol. The lowest BCUT2D eigenvalue weighted by molar-refractivity contribution is 0.0693. The van der Waals surface area contributed by atoms with Gasteiger partial charge in [0.05, 0.1) is 7.11 Å². The van der Waals surface area contributed by atoms with Gasteiger partial charge in [-0.1, -0.05) is 6.07 Å². The Morgan fingerprint density at radius 2 is 1.89 bits per heavy atom. The minimum absolute atomic E-state index is 0.0203. The smallest absolute Gasteiger partial charge is 0.339 e. The van der Waals surface area contributed by atoms with Crippen LogP contribution in [0.4, 0.5) is 4.39 Å². The van der Waals surface area contributed by atoms with Crippen molar-refractivity contribution in [3.05, 3.63) is 47.8 Å². The highest BCUT2D eigenvalue weighted by molar-refractivity contribution is 5.92. The quantitative estimate of drug-likeness (QED) is 0.892. The van der Waals surface area contributed by atoms with Crippen LogP contribution in [0.25, 0.3) is 11.1 Å². The van der Waals surface area contributed by atoms with E-state index in [9.17, 15) is 14.3 Å². The van der Waals surface area contributed by atoms with Gasteiger partial charge < -0.3 is 14.9 Å². The number of halogens is 1. The van der Waals surface area contributed by atoms with Crippen molar-refractivity contribution in [3.8, 4) is 22.6 Å². The van der Waals surface area contributed by atoms with Crippen LogP contribution in [0.3, 0.4) is 0 Å². The molecule has 2 aromatic carbocycles. The van der Waals surface area contributed by atoms with Gasteiger partial charge in [0.15, 0.2) is 0 Å². The summed E-state index contributed by atoms with van der Waals surface area (Å²) in [5.74, 6) is -1.70. The predicted octanol–water partition coefficient (Wildman–Crippen LogP) is 2.91. The number of ether oxygens (including phenoxy) is 1. The maximum atomic E-state index is 13.2. The number of methoxy groups -OCH3 is 1. The van der Waals surface area contributed by atoms with Crippen molar-refractivity contribution in [1.82, 2.24) is 0 Å². The van der Waals surface area contributed by atoms with Crippen LogP contribution in [0.2, 0.25) is 0 Å². The Labute approximate surface area is 108 Å². The molecule has 2 aromatic rings. The second-order valence-corrected chi connectivity index (χ2v) is 3.92. The van der Waals surface area contributed by atoms with Gasteiger partial charge in [-0.15, -0.1) is 0 Å². The van der Waals surface area contributed by atoms with Crippen molar-refractivity contribution >= 4 is 5.97 Å². The molecule has 0 bridgehead atoms. The molecule has 0 aromatic heterocycles. The van der Waals surface area contributed by atoms with Crippen molar-refractivity contribution in [3.63, 3.8) is 0 Å². The number of phenolic OH excluding ortho intramolecular Hbond substituents is 1. The Balaban J connectivity index is 2.54. The summed E-state index contributed by atoms with van der Waals surface area (Å²) >= 11 is 0. The fourth-order valence-electron chi connectivity index (χ4n) is 1.79.